The van der Waals surface area contributed by atoms with E-state index in [1.54, 1.807) is 0 Å². The van der Waals surface area contributed by atoms with Crippen LogP contribution in [0.25, 0.3) is 0 Å². The highest BCUT2D eigenvalue weighted by atomic mass is 16.1. The highest BCUT2D eigenvalue weighted by molar-refractivity contribution is 6.03. The molecule has 4 nitrogen and oxygen atoms in total. The Morgan fingerprint density at radius 2 is 1.95 bits per heavy atom. The number of carbonyl (C=O) groups excluding carboxylic acids is 1. The summed E-state index contributed by atoms with van der Waals surface area (Å²) in [6.07, 6.45) is 4.39. The minimum absolute atomic E-state index is 0.0765. The average Bonchev–Trinajstić information content (AvgIpc) is 2.97. The van der Waals surface area contributed by atoms with E-state index in [0.29, 0.717) is 11.5 Å². The highest BCUT2D eigenvalue weighted by Gasteiger charge is 2.19. The molecular formula is C17H21N3O. The summed E-state index contributed by atoms with van der Waals surface area (Å²) < 4.78 is 0. The van der Waals surface area contributed by atoms with Crippen LogP contribution in [0.15, 0.2) is 42.6 Å². The Morgan fingerprint density at radius 1 is 1.24 bits per heavy atom. The Morgan fingerprint density at radius 3 is 2.67 bits per heavy atom. The van der Waals surface area contributed by atoms with Gasteiger partial charge in [0.15, 0.2) is 0 Å². The number of benzene rings is 1. The van der Waals surface area contributed by atoms with E-state index in [-0.39, 0.29) is 5.91 Å². The van der Waals surface area contributed by atoms with Crippen LogP contribution in [0, 0.1) is 0 Å². The Labute approximate surface area is 125 Å². The van der Waals surface area contributed by atoms with Crippen molar-refractivity contribution in [2.24, 2.45) is 0 Å². The number of anilines is 1. The van der Waals surface area contributed by atoms with Gasteiger partial charge < -0.3 is 15.2 Å². The van der Waals surface area contributed by atoms with Crippen molar-refractivity contribution in [2.75, 3.05) is 25.5 Å². The van der Waals surface area contributed by atoms with Crippen molar-refractivity contribution >= 4 is 11.7 Å². The molecule has 1 aliphatic heterocycles. The van der Waals surface area contributed by atoms with Crippen LogP contribution in [0.4, 0.5) is 5.82 Å². The van der Waals surface area contributed by atoms with Gasteiger partial charge in [0.25, 0.3) is 5.91 Å². The predicted octanol–water partition coefficient (Wildman–Crippen LogP) is 3.08. The second kappa shape index (κ2) is 6.14. The van der Waals surface area contributed by atoms with Gasteiger partial charge in [0.1, 0.15) is 5.82 Å². The molecule has 0 aliphatic carbocycles. The van der Waals surface area contributed by atoms with Crippen LogP contribution in [0.5, 0.6) is 0 Å². The van der Waals surface area contributed by atoms with Crippen LogP contribution in [0.2, 0.25) is 0 Å². The van der Waals surface area contributed by atoms with Crippen LogP contribution in [0.1, 0.15) is 34.7 Å². The fourth-order valence-corrected chi connectivity index (χ4v) is 2.84. The number of hydrogen-bond donors (Lipinski definition) is 2. The molecule has 1 amide bonds. The molecule has 0 spiro atoms. The van der Waals surface area contributed by atoms with E-state index in [4.69, 9.17) is 0 Å². The van der Waals surface area contributed by atoms with Crippen molar-refractivity contribution in [1.82, 2.24) is 9.88 Å². The molecule has 0 radical (unpaired) electrons. The van der Waals surface area contributed by atoms with E-state index >= 15 is 0 Å². The summed E-state index contributed by atoms with van der Waals surface area (Å²) in [6, 6.07) is 11.3. The van der Waals surface area contributed by atoms with Gasteiger partial charge in [0.05, 0.1) is 0 Å². The summed E-state index contributed by atoms with van der Waals surface area (Å²) in [5.74, 6) is 1.30. The minimum Gasteiger partial charge on any atom is -0.348 e. The van der Waals surface area contributed by atoms with E-state index in [1.807, 2.05) is 36.5 Å². The first-order valence-electron chi connectivity index (χ1n) is 7.45. The van der Waals surface area contributed by atoms with Crippen LogP contribution in [0.3, 0.4) is 0 Å². The number of nitrogens with zero attached hydrogens (tertiary/aromatic N) is 1. The van der Waals surface area contributed by atoms with Gasteiger partial charge in [-0.3, -0.25) is 4.79 Å². The lowest BCUT2D eigenvalue weighted by Gasteiger charge is -2.28. The second-order valence-electron chi connectivity index (χ2n) is 5.74. The molecule has 0 unspecified atom stereocenters. The lowest BCUT2D eigenvalue weighted by molar-refractivity contribution is 0.102. The van der Waals surface area contributed by atoms with E-state index in [1.165, 1.54) is 18.4 Å². The number of aromatic nitrogens is 1. The van der Waals surface area contributed by atoms with Crippen LogP contribution in [-0.2, 0) is 0 Å². The molecule has 0 atom stereocenters. The molecule has 1 aromatic heterocycles. The maximum atomic E-state index is 12.1. The number of nitrogens with one attached hydrogen (secondary N) is 2. The fourth-order valence-electron chi connectivity index (χ4n) is 2.84. The molecule has 21 heavy (non-hydrogen) atoms. The maximum Gasteiger partial charge on any atom is 0.256 e. The summed E-state index contributed by atoms with van der Waals surface area (Å²) in [7, 11) is 2.17. The number of aromatic amines is 1. The Hall–Kier alpha value is -2.07. The first-order valence-corrected chi connectivity index (χ1v) is 7.45. The normalized spacial score (nSPS) is 16.8. The highest BCUT2D eigenvalue weighted by Crippen LogP contribution is 2.29. The predicted molar refractivity (Wildman–Crippen MR) is 84.7 cm³/mol. The Balaban J connectivity index is 1.64. The molecule has 0 bridgehead atoms. The third-order valence-electron chi connectivity index (χ3n) is 4.18. The number of rotatable bonds is 3. The summed E-state index contributed by atoms with van der Waals surface area (Å²) >= 11 is 0. The third-order valence-corrected chi connectivity index (χ3v) is 4.18. The molecule has 3 rings (SSSR count). The number of hydrogen-bond acceptors (Lipinski definition) is 2. The number of H-pyrrole nitrogens is 1. The summed E-state index contributed by atoms with van der Waals surface area (Å²) in [5, 5.41) is 2.92. The van der Waals surface area contributed by atoms with Gasteiger partial charge in [-0.1, -0.05) is 18.2 Å². The zero-order chi connectivity index (χ0) is 14.7. The third kappa shape index (κ3) is 3.34. The van der Waals surface area contributed by atoms with Gasteiger partial charge in [-0.05, 0) is 62.7 Å². The van der Waals surface area contributed by atoms with Gasteiger partial charge in [-0.2, -0.15) is 0 Å². The molecule has 1 aromatic carbocycles. The van der Waals surface area contributed by atoms with Crippen LogP contribution >= 0.6 is 0 Å². The molecule has 2 aromatic rings. The monoisotopic (exact) mass is 283 g/mol. The molecule has 1 aliphatic rings. The number of amides is 1. The largest absolute Gasteiger partial charge is 0.348 e. The van der Waals surface area contributed by atoms with Crippen molar-refractivity contribution < 1.29 is 4.79 Å². The quantitative estimate of drug-likeness (QED) is 0.909. The standard InChI is InChI=1S/C17H21N3O/c1-20-9-7-13(8-10-20)15-11-16(18-12-15)19-17(21)14-5-3-2-4-6-14/h2-6,11-13,18H,7-10H2,1H3,(H,19,21). The van der Waals surface area contributed by atoms with Gasteiger partial charge in [0.2, 0.25) is 0 Å². The van der Waals surface area contributed by atoms with Gasteiger partial charge >= 0.3 is 0 Å². The summed E-state index contributed by atoms with van der Waals surface area (Å²) in [6.45, 7) is 2.28. The first-order chi connectivity index (χ1) is 10.2. The molecule has 4 heteroatoms. The Bertz CT molecular complexity index is 598. The average molecular weight is 283 g/mol. The topological polar surface area (TPSA) is 48.1 Å². The minimum atomic E-state index is -0.0765. The first kappa shape index (κ1) is 13.9. The molecule has 1 saturated heterocycles. The van der Waals surface area contributed by atoms with Crippen molar-refractivity contribution in [3.05, 3.63) is 53.7 Å². The van der Waals surface area contributed by atoms with E-state index in [2.05, 4.69) is 28.3 Å². The van der Waals surface area contributed by atoms with Crippen molar-refractivity contribution in [2.45, 2.75) is 18.8 Å². The van der Waals surface area contributed by atoms with Crippen molar-refractivity contribution in [1.29, 1.82) is 0 Å². The van der Waals surface area contributed by atoms with E-state index in [9.17, 15) is 4.79 Å². The zero-order valence-corrected chi connectivity index (χ0v) is 12.3. The number of likely N-dealkylation sites (tertiary alicyclic amines) is 1. The van der Waals surface area contributed by atoms with E-state index < -0.39 is 0 Å². The zero-order valence-electron chi connectivity index (χ0n) is 12.3. The molecule has 2 heterocycles. The van der Waals surface area contributed by atoms with Gasteiger partial charge in [-0.15, -0.1) is 0 Å². The molecular weight excluding hydrogens is 262 g/mol. The Kier molecular flexibility index (Phi) is 4.06. The van der Waals surface area contributed by atoms with Gasteiger partial charge in [0, 0.05) is 11.8 Å². The molecule has 2 N–H and O–H groups in total. The van der Waals surface area contributed by atoms with E-state index in [0.717, 1.165) is 18.9 Å². The van der Waals surface area contributed by atoms with Crippen molar-refractivity contribution in [3.8, 4) is 0 Å². The molecule has 1 fully saturated rings. The van der Waals surface area contributed by atoms with Crippen LogP contribution < -0.4 is 5.32 Å². The number of piperidine rings is 1. The fraction of sp³-hybridized carbons (Fsp3) is 0.353. The van der Waals surface area contributed by atoms with Gasteiger partial charge in [-0.25, -0.2) is 0 Å². The second-order valence-corrected chi connectivity index (χ2v) is 5.74. The number of carbonyl (C=O) groups is 1. The van der Waals surface area contributed by atoms with Crippen LogP contribution in [-0.4, -0.2) is 35.9 Å². The summed E-state index contributed by atoms with van der Waals surface area (Å²) in [4.78, 5) is 17.6. The lowest BCUT2D eigenvalue weighted by Crippen LogP contribution is -2.29. The SMILES string of the molecule is CN1CCC(c2c[nH]c(NC(=O)c3ccccc3)c2)CC1. The van der Waals surface area contributed by atoms with Crippen molar-refractivity contribution in [3.63, 3.8) is 0 Å². The molecule has 0 saturated carbocycles. The lowest BCUT2D eigenvalue weighted by atomic mass is 9.91. The molecule has 110 valence electrons. The summed E-state index contributed by atoms with van der Waals surface area (Å²) in [5.41, 5.74) is 1.97. The maximum absolute atomic E-state index is 12.1. The smallest absolute Gasteiger partial charge is 0.256 e.